The van der Waals surface area contributed by atoms with Crippen molar-refractivity contribution in [1.29, 1.82) is 0 Å². The molecule has 7 heteroatoms. The van der Waals surface area contributed by atoms with Crippen LogP contribution in [0.5, 0.6) is 0 Å². The van der Waals surface area contributed by atoms with E-state index in [1.165, 1.54) is 17.8 Å². The average Bonchev–Trinajstić information content (AvgIpc) is 2.97. The first-order valence-corrected chi connectivity index (χ1v) is 7.98. The molecule has 1 aromatic carbocycles. The third kappa shape index (κ3) is 3.75. The Morgan fingerprint density at radius 2 is 2.08 bits per heavy atom. The molecular weight excluding hydrogens is 347 g/mol. The van der Waals surface area contributed by atoms with E-state index in [4.69, 9.17) is 23.2 Å². The van der Waals surface area contributed by atoms with E-state index in [0.717, 1.165) is 5.56 Å². The van der Waals surface area contributed by atoms with Gasteiger partial charge in [0.1, 0.15) is 11.0 Å². The molecule has 2 aromatic heterocycles. The van der Waals surface area contributed by atoms with E-state index in [2.05, 4.69) is 21.5 Å². The fraction of sp³-hybridized carbons (Fsp3) is 0.118. The fourth-order valence-electron chi connectivity index (χ4n) is 2.28. The number of aryl methyl sites for hydroxylation is 1. The largest absolute Gasteiger partial charge is 0.307 e. The highest BCUT2D eigenvalue weighted by Crippen LogP contribution is 2.20. The zero-order valence-electron chi connectivity index (χ0n) is 12.8. The van der Waals surface area contributed by atoms with E-state index in [1.54, 1.807) is 16.9 Å². The number of hydrogen-bond acceptors (Lipinski definition) is 3. The summed E-state index contributed by atoms with van der Waals surface area (Å²) in [7, 11) is 0. The number of pyridine rings is 1. The molecule has 0 fully saturated rings. The zero-order chi connectivity index (χ0) is 17.1. The van der Waals surface area contributed by atoms with E-state index in [1.807, 2.05) is 25.1 Å². The van der Waals surface area contributed by atoms with Crippen LogP contribution in [0.25, 0.3) is 0 Å². The van der Waals surface area contributed by atoms with Crippen molar-refractivity contribution in [2.24, 2.45) is 0 Å². The molecule has 1 amide bonds. The number of anilines is 1. The predicted octanol–water partition coefficient (Wildman–Crippen LogP) is 4.19. The second-order valence-corrected chi connectivity index (χ2v) is 6.08. The Bertz CT molecular complexity index is 892. The van der Waals surface area contributed by atoms with Gasteiger partial charge in [-0.05, 0) is 18.6 Å². The van der Waals surface area contributed by atoms with Gasteiger partial charge in [0.2, 0.25) is 0 Å². The van der Waals surface area contributed by atoms with E-state index in [0.29, 0.717) is 17.9 Å². The number of carbonyl (C=O) groups excluding carboxylic acids is 1. The topological polar surface area (TPSA) is 59.8 Å². The first-order valence-electron chi connectivity index (χ1n) is 7.22. The van der Waals surface area contributed by atoms with Crippen molar-refractivity contribution in [2.75, 3.05) is 5.32 Å². The van der Waals surface area contributed by atoms with Crippen LogP contribution in [0.15, 0.2) is 48.8 Å². The number of carbonyl (C=O) groups is 1. The molecule has 0 aliphatic carbocycles. The van der Waals surface area contributed by atoms with Gasteiger partial charge in [-0.1, -0.05) is 53.0 Å². The summed E-state index contributed by atoms with van der Waals surface area (Å²) < 4.78 is 1.72. The summed E-state index contributed by atoms with van der Waals surface area (Å²) in [5.74, 6) is 0.264. The third-order valence-corrected chi connectivity index (χ3v) is 4.12. The maximum atomic E-state index is 12.3. The minimum absolute atomic E-state index is 0.165. The second kappa shape index (κ2) is 7.03. The summed E-state index contributed by atoms with van der Waals surface area (Å²) in [6.07, 6.45) is 3.02. The van der Waals surface area contributed by atoms with Gasteiger partial charge in [-0.25, -0.2) is 9.67 Å². The second-order valence-electron chi connectivity index (χ2n) is 5.31. The molecule has 24 heavy (non-hydrogen) atoms. The molecular formula is C17H14Cl2N4O. The molecule has 3 aromatic rings. The summed E-state index contributed by atoms with van der Waals surface area (Å²) in [6.45, 7) is 2.59. The summed E-state index contributed by atoms with van der Waals surface area (Å²) in [5, 5.41) is 7.47. The SMILES string of the molecule is Cc1cccc(Cn2nccc2NC(=O)c2cnc(Cl)c(Cl)c2)c1. The monoisotopic (exact) mass is 360 g/mol. The van der Waals surface area contributed by atoms with Crippen LogP contribution in [0.1, 0.15) is 21.5 Å². The number of nitrogens with one attached hydrogen (secondary N) is 1. The Kier molecular flexibility index (Phi) is 4.83. The van der Waals surface area contributed by atoms with Gasteiger partial charge in [-0.3, -0.25) is 4.79 Å². The van der Waals surface area contributed by atoms with Gasteiger partial charge in [0.05, 0.1) is 23.3 Å². The van der Waals surface area contributed by atoms with Crippen molar-refractivity contribution in [3.8, 4) is 0 Å². The van der Waals surface area contributed by atoms with E-state index >= 15 is 0 Å². The minimum Gasteiger partial charge on any atom is -0.307 e. The van der Waals surface area contributed by atoms with Gasteiger partial charge in [0, 0.05) is 12.3 Å². The standard InChI is InChI=1S/C17H14Cl2N4O/c1-11-3-2-4-12(7-11)10-23-15(5-6-21-23)22-17(24)13-8-14(18)16(19)20-9-13/h2-9H,10H2,1H3,(H,22,24). The maximum absolute atomic E-state index is 12.3. The fourth-order valence-corrected chi connectivity index (χ4v) is 2.55. The van der Waals surface area contributed by atoms with Gasteiger partial charge >= 0.3 is 0 Å². The highest BCUT2D eigenvalue weighted by molar-refractivity contribution is 6.41. The Balaban J connectivity index is 1.77. The number of rotatable bonds is 4. The highest BCUT2D eigenvalue weighted by Gasteiger charge is 2.12. The zero-order valence-corrected chi connectivity index (χ0v) is 14.3. The van der Waals surface area contributed by atoms with Gasteiger partial charge in [-0.15, -0.1) is 0 Å². The van der Waals surface area contributed by atoms with Crippen molar-refractivity contribution in [3.05, 3.63) is 75.7 Å². The molecule has 122 valence electrons. The molecule has 0 spiro atoms. The van der Waals surface area contributed by atoms with Crippen LogP contribution >= 0.6 is 23.2 Å². The number of hydrogen-bond donors (Lipinski definition) is 1. The Labute approximate surface area is 149 Å². The molecule has 3 rings (SSSR count). The normalized spacial score (nSPS) is 10.6. The van der Waals surface area contributed by atoms with Gasteiger partial charge in [0.25, 0.3) is 5.91 Å². The molecule has 2 heterocycles. The summed E-state index contributed by atoms with van der Waals surface area (Å²) >= 11 is 11.7. The third-order valence-electron chi connectivity index (χ3n) is 3.43. The predicted molar refractivity (Wildman–Crippen MR) is 94.7 cm³/mol. The average molecular weight is 361 g/mol. The molecule has 0 radical (unpaired) electrons. The summed E-state index contributed by atoms with van der Waals surface area (Å²) in [5.41, 5.74) is 2.60. The molecule has 0 unspecified atom stereocenters. The van der Waals surface area contributed by atoms with Crippen LogP contribution in [-0.4, -0.2) is 20.7 Å². The molecule has 0 saturated heterocycles. The van der Waals surface area contributed by atoms with Crippen molar-refractivity contribution in [2.45, 2.75) is 13.5 Å². The number of nitrogens with zero attached hydrogens (tertiary/aromatic N) is 3. The van der Waals surface area contributed by atoms with Crippen molar-refractivity contribution >= 4 is 34.9 Å². The number of amides is 1. The Morgan fingerprint density at radius 3 is 2.83 bits per heavy atom. The van der Waals surface area contributed by atoms with Crippen molar-refractivity contribution in [3.63, 3.8) is 0 Å². The molecule has 0 aliphatic rings. The van der Waals surface area contributed by atoms with E-state index in [-0.39, 0.29) is 16.1 Å². The smallest absolute Gasteiger partial charge is 0.258 e. The van der Waals surface area contributed by atoms with Crippen LogP contribution in [0.3, 0.4) is 0 Å². The number of aromatic nitrogens is 3. The number of halogens is 2. The van der Waals surface area contributed by atoms with Crippen LogP contribution < -0.4 is 5.32 Å². The van der Waals surface area contributed by atoms with Gasteiger partial charge in [0.15, 0.2) is 0 Å². The van der Waals surface area contributed by atoms with Crippen LogP contribution in [-0.2, 0) is 6.54 Å². The lowest BCUT2D eigenvalue weighted by Gasteiger charge is -2.10. The Morgan fingerprint density at radius 1 is 1.25 bits per heavy atom. The van der Waals surface area contributed by atoms with Crippen molar-refractivity contribution in [1.82, 2.24) is 14.8 Å². The van der Waals surface area contributed by atoms with Gasteiger partial charge < -0.3 is 5.32 Å². The molecule has 1 N–H and O–H groups in total. The molecule has 0 atom stereocenters. The molecule has 0 saturated carbocycles. The van der Waals surface area contributed by atoms with Crippen LogP contribution in [0, 0.1) is 6.92 Å². The number of benzene rings is 1. The van der Waals surface area contributed by atoms with E-state index < -0.39 is 0 Å². The molecule has 0 bridgehead atoms. The molecule has 0 aliphatic heterocycles. The first-order chi connectivity index (χ1) is 11.5. The summed E-state index contributed by atoms with van der Waals surface area (Å²) in [4.78, 5) is 16.2. The lowest BCUT2D eigenvalue weighted by molar-refractivity contribution is 0.102. The minimum atomic E-state index is -0.327. The molecule has 5 nitrogen and oxygen atoms in total. The highest BCUT2D eigenvalue weighted by atomic mass is 35.5. The maximum Gasteiger partial charge on any atom is 0.258 e. The van der Waals surface area contributed by atoms with E-state index in [9.17, 15) is 4.79 Å². The van der Waals surface area contributed by atoms with Crippen molar-refractivity contribution < 1.29 is 4.79 Å². The lowest BCUT2D eigenvalue weighted by atomic mass is 10.1. The summed E-state index contributed by atoms with van der Waals surface area (Å²) in [6, 6.07) is 11.3. The first kappa shape index (κ1) is 16.5. The lowest BCUT2D eigenvalue weighted by Crippen LogP contribution is -2.16. The Hall–Kier alpha value is -2.37. The van der Waals surface area contributed by atoms with Crippen LogP contribution in [0.4, 0.5) is 5.82 Å². The van der Waals surface area contributed by atoms with Crippen LogP contribution in [0.2, 0.25) is 10.2 Å². The quantitative estimate of drug-likeness (QED) is 0.709. The van der Waals surface area contributed by atoms with Gasteiger partial charge in [-0.2, -0.15) is 5.10 Å².